The molecule has 1 saturated heterocycles. The van der Waals surface area contributed by atoms with Crippen LogP contribution in [0.15, 0.2) is 4.99 Å². The Bertz CT molecular complexity index is 254. The molecule has 0 unspecified atom stereocenters. The normalized spacial score (nSPS) is 19.4. The predicted molar refractivity (Wildman–Crippen MR) is 84.5 cm³/mol. The van der Waals surface area contributed by atoms with Crippen LogP contribution in [0.5, 0.6) is 0 Å². The summed E-state index contributed by atoms with van der Waals surface area (Å²) in [6, 6.07) is 0. The number of methoxy groups -OCH3 is 1. The summed E-state index contributed by atoms with van der Waals surface area (Å²) < 4.78 is 10.9. The zero-order valence-corrected chi connectivity index (χ0v) is 13.9. The molecule has 0 aromatic heterocycles. The molecule has 1 rings (SSSR count). The average molecular weight is 371 g/mol. The SMILES string of the molecule is COC1(CN=C(N)NCC(C)C)CCOCC1.I. The van der Waals surface area contributed by atoms with Crippen molar-refractivity contribution < 1.29 is 9.47 Å². The molecule has 0 amide bonds. The van der Waals surface area contributed by atoms with E-state index in [-0.39, 0.29) is 29.6 Å². The molecule has 0 spiro atoms. The van der Waals surface area contributed by atoms with Crippen LogP contribution in [0, 0.1) is 5.92 Å². The Hall–Kier alpha value is -0.0800. The van der Waals surface area contributed by atoms with E-state index >= 15 is 0 Å². The predicted octanol–water partition coefficient (Wildman–Crippen LogP) is 1.36. The summed E-state index contributed by atoms with van der Waals surface area (Å²) in [6.07, 6.45) is 1.76. The number of hydrogen-bond donors (Lipinski definition) is 2. The maximum absolute atomic E-state index is 5.80. The Kier molecular flexibility index (Phi) is 8.89. The Morgan fingerprint density at radius 1 is 1.44 bits per heavy atom. The molecule has 3 N–H and O–H groups in total. The summed E-state index contributed by atoms with van der Waals surface area (Å²) in [5.41, 5.74) is 5.61. The van der Waals surface area contributed by atoms with Gasteiger partial charge in [-0.05, 0) is 5.92 Å². The topological polar surface area (TPSA) is 68.9 Å². The fourth-order valence-corrected chi connectivity index (χ4v) is 1.76. The molecule has 1 aliphatic rings. The van der Waals surface area contributed by atoms with Crippen LogP contribution >= 0.6 is 24.0 Å². The van der Waals surface area contributed by atoms with Crippen molar-refractivity contribution in [1.29, 1.82) is 0 Å². The fourth-order valence-electron chi connectivity index (χ4n) is 1.76. The Morgan fingerprint density at radius 2 is 2.06 bits per heavy atom. The van der Waals surface area contributed by atoms with Crippen LogP contribution in [-0.2, 0) is 9.47 Å². The van der Waals surface area contributed by atoms with Gasteiger partial charge in [0.15, 0.2) is 5.96 Å². The fraction of sp³-hybridized carbons (Fsp3) is 0.917. The van der Waals surface area contributed by atoms with Gasteiger partial charge in [-0.15, -0.1) is 24.0 Å². The third-order valence-electron chi connectivity index (χ3n) is 3.07. The van der Waals surface area contributed by atoms with Gasteiger partial charge >= 0.3 is 0 Å². The summed E-state index contributed by atoms with van der Waals surface area (Å²) in [4.78, 5) is 4.37. The number of nitrogens with two attached hydrogens (primary N) is 1. The molecule has 0 saturated carbocycles. The van der Waals surface area contributed by atoms with E-state index < -0.39 is 0 Å². The Labute approximate surface area is 127 Å². The molecule has 1 fully saturated rings. The molecule has 0 aromatic rings. The number of halogens is 1. The van der Waals surface area contributed by atoms with E-state index in [0.29, 0.717) is 18.4 Å². The van der Waals surface area contributed by atoms with Gasteiger partial charge in [0.25, 0.3) is 0 Å². The van der Waals surface area contributed by atoms with Gasteiger partial charge in [0.05, 0.1) is 12.1 Å². The minimum Gasteiger partial charge on any atom is -0.381 e. The lowest BCUT2D eigenvalue weighted by Gasteiger charge is -2.34. The van der Waals surface area contributed by atoms with Crippen molar-refractivity contribution in [2.75, 3.05) is 33.4 Å². The Morgan fingerprint density at radius 3 is 2.56 bits per heavy atom. The van der Waals surface area contributed by atoms with Crippen molar-refractivity contribution >= 4 is 29.9 Å². The van der Waals surface area contributed by atoms with Crippen molar-refractivity contribution in [2.45, 2.75) is 32.3 Å². The van der Waals surface area contributed by atoms with Crippen LogP contribution in [0.25, 0.3) is 0 Å². The van der Waals surface area contributed by atoms with E-state index in [4.69, 9.17) is 15.2 Å². The minimum atomic E-state index is -0.192. The number of aliphatic imine (C=N–C) groups is 1. The zero-order valence-electron chi connectivity index (χ0n) is 11.6. The van der Waals surface area contributed by atoms with E-state index in [0.717, 1.165) is 32.6 Å². The molecular weight excluding hydrogens is 345 g/mol. The largest absolute Gasteiger partial charge is 0.381 e. The first-order valence-electron chi connectivity index (χ1n) is 6.25. The van der Waals surface area contributed by atoms with Crippen LogP contribution in [0.1, 0.15) is 26.7 Å². The summed E-state index contributed by atoms with van der Waals surface area (Å²) in [5, 5.41) is 3.10. The third-order valence-corrected chi connectivity index (χ3v) is 3.07. The zero-order chi connectivity index (χ0) is 12.7. The van der Waals surface area contributed by atoms with Gasteiger partial charge in [-0.25, -0.2) is 0 Å². The van der Waals surface area contributed by atoms with Gasteiger partial charge in [0, 0.05) is 39.7 Å². The molecule has 0 radical (unpaired) electrons. The van der Waals surface area contributed by atoms with Gasteiger partial charge in [0.1, 0.15) is 0 Å². The van der Waals surface area contributed by atoms with Gasteiger partial charge in [0.2, 0.25) is 0 Å². The van der Waals surface area contributed by atoms with Crippen LogP contribution in [-0.4, -0.2) is 45.0 Å². The molecule has 1 aliphatic heterocycles. The molecule has 0 bridgehead atoms. The highest BCUT2D eigenvalue weighted by atomic mass is 127. The Balaban J connectivity index is 0.00000289. The molecule has 0 aliphatic carbocycles. The summed E-state index contributed by atoms with van der Waals surface area (Å²) in [7, 11) is 1.73. The van der Waals surface area contributed by atoms with Crippen molar-refractivity contribution in [3.8, 4) is 0 Å². The monoisotopic (exact) mass is 371 g/mol. The van der Waals surface area contributed by atoms with Crippen LogP contribution in [0.4, 0.5) is 0 Å². The standard InChI is InChI=1S/C12H25N3O2.HI/c1-10(2)8-14-11(13)15-9-12(16-3)4-6-17-7-5-12;/h10H,4-9H2,1-3H3,(H3,13,14,15);1H. The lowest BCUT2D eigenvalue weighted by atomic mass is 9.94. The highest BCUT2D eigenvalue weighted by Crippen LogP contribution is 2.24. The number of guanidine groups is 1. The van der Waals surface area contributed by atoms with E-state index in [1.807, 2.05) is 0 Å². The second-order valence-corrected chi connectivity index (χ2v) is 4.98. The molecule has 5 nitrogen and oxygen atoms in total. The van der Waals surface area contributed by atoms with Crippen molar-refractivity contribution in [2.24, 2.45) is 16.6 Å². The highest BCUT2D eigenvalue weighted by Gasteiger charge is 2.32. The molecule has 6 heteroatoms. The molecule has 108 valence electrons. The lowest BCUT2D eigenvalue weighted by Crippen LogP contribution is -2.43. The van der Waals surface area contributed by atoms with Gasteiger partial charge < -0.3 is 20.5 Å². The summed E-state index contributed by atoms with van der Waals surface area (Å²) in [6.45, 7) is 7.19. The second-order valence-electron chi connectivity index (χ2n) is 4.98. The summed E-state index contributed by atoms with van der Waals surface area (Å²) in [5.74, 6) is 1.06. The molecular formula is C12H26IN3O2. The average Bonchev–Trinajstić information content (AvgIpc) is 2.35. The number of hydrogen-bond acceptors (Lipinski definition) is 3. The van der Waals surface area contributed by atoms with Crippen LogP contribution < -0.4 is 11.1 Å². The van der Waals surface area contributed by atoms with Crippen molar-refractivity contribution in [3.05, 3.63) is 0 Å². The van der Waals surface area contributed by atoms with Crippen LogP contribution in [0.2, 0.25) is 0 Å². The smallest absolute Gasteiger partial charge is 0.188 e. The highest BCUT2D eigenvalue weighted by molar-refractivity contribution is 14.0. The van der Waals surface area contributed by atoms with Gasteiger partial charge in [-0.3, -0.25) is 4.99 Å². The maximum Gasteiger partial charge on any atom is 0.188 e. The minimum absolute atomic E-state index is 0. The molecule has 0 atom stereocenters. The van der Waals surface area contributed by atoms with E-state index in [9.17, 15) is 0 Å². The molecule has 0 aromatic carbocycles. The summed E-state index contributed by atoms with van der Waals surface area (Å²) >= 11 is 0. The van der Waals surface area contributed by atoms with Crippen molar-refractivity contribution in [1.82, 2.24) is 5.32 Å². The molecule has 1 heterocycles. The quantitative estimate of drug-likeness (QED) is 0.435. The second kappa shape index (κ2) is 8.92. The number of nitrogens with one attached hydrogen (secondary N) is 1. The van der Waals surface area contributed by atoms with E-state index in [1.165, 1.54) is 0 Å². The third kappa shape index (κ3) is 6.19. The lowest BCUT2D eigenvalue weighted by molar-refractivity contribution is -0.0828. The number of nitrogens with zero attached hydrogens (tertiary/aromatic N) is 1. The first-order valence-corrected chi connectivity index (χ1v) is 6.25. The number of rotatable bonds is 5. The number of ether oxygens (including phenoxy) is 2. The molecule has 18 heavy (non-hydrogen) atoms. The van der Waals surface area contributed by atoms with Gasteiger partial charge in [-0.1, -0.05) is 13.8 Å². The van der Waals surface area contributed by atoms with Crippen LogP contribution in [0.3, 0.4) is 0 Å². The van der Waals surface area contributed by atoms with E-state index in [2.05, 4.69) is 24.2 Å². The van der Waals surface area contributed by atoms with E-state index in [1.54, 1.807) is 7.11 Å². The first kappa shape index (κ1) is 17.9. The maximum atomic E-state index is 5.80. The van der Waals surface area contributed by atoms with Crippen molar-refractivity contribution in [3.63, 3.8) is 0 Å². The first-order chi connectivity index (χ1) is 8.08. The van der Waals surface area contributed by atoms with Gasteiger partial charge in [-0.2, -0.15) is 0 Å².